The predicted octanol–water partition coefficient (Wildman–Crippen LogP) is 1.47. The number of hydrogen-bond acceptors (Lipinski definition) is 4. The van der Waals surface area contributed by atoms with Crippen molar-refractivity contribution in [2.75, 3.05) is 13.1 Å². The summed E-state index contributed by atoms with van der Waals surface area (Å²) in [6.07, 6.45) is 2.72. The minimum atomic E-state index is -3.66. The van der Waals surface area contributed by atoms with Gasteiger partial charge in [-0.2, -0.15) is 4.31 Å². The van der Waals surface area contributed by atoms with Crippen LogP contribution in [0.5, 0.6) is 0 Å². The second kappa shape index (κ2) is 7.63. The lowest BCUT2D eigenvalue weighted by molar-refractivity contribution is -0.124. The molecule has 134 valence electrons. The molecule has 0 radical (unpaired) electrons. The fourth-order valence-electron chi connectivity index (χ4n) is 2.90. The van der Waals surface area contributed by atoms with Crippen LogP contribution in [0.1, 0.15) is 39.5 Å². The van der Waals surface area contributed by atoms with Gasteiger partial charge in [-0.25, -0.2) is 8.42 Å². The van der Waals surface area contributed by atoms with E-state index in [1.807, 2.05) is 13.8 Å². The molecule has 1 atom stereocenters. The first-order chi connectivity index (χ1) is 11.3. The number of rotatable bonds is 7. The summed E-state index contributed by atoms with van der Waals surface area (Å²) in [6.45, 7) is 4.69. The van der Waals surface area contributed by atoms with Gasteiger partial charge in [-0.1, -0.05) is 32.0 Å². The van der Waals surface area contributed by atoms with Gasteiger partial charge in [0.2, 0.25) is 15.9 Å². The van der Waals surface area contributed by atoms with Gasteiger partial charge in [-0.15, -0.1) is 0 Å². The lowest BCUT2D eigenvalue weighted by atomic mass is 9.94. The molecule has 0 aliphatic carbocycles. The predicted molar refractivity (Wildman–Crippen MR) is 93.9 cm³/mol. The van der Waals surface area contributed by atoms with Crippen LogP contribution >= 0.6 is 0 Å². The molecule has 1 amide bonds. The van der Waals surface area contributed by atoms with Gasteiger partial charge < -0.3 is 11.1 Å². The van der Waals surface area contributed by atoms with Gasteiger partial charge in [0.25, 0.3) is 0 Å². The number of carbonyl (C=O) groups excluding carboxylic acids is 1. The second-order valence-corrected chi connectivity index (χ2v) is 8.26. The summed E-state index contributed by atoms with van der Waals surface area (Å²) in [7, 11) is -3.66. The number of nitrogens with two attached hydrogens (primary N) is 1. The van der Waals surface area contributed by atoms with Crippen LogP contribution in [0.3, 0.4) is 0 Å². The smallest absolute Gasteiger partial charge is 0.243 e. The molecule has 0 bridgehead atoms. The highest BCUT2D eigenvalue weighted by molar-refractivity contribution is 7.89. The number of benzene rings is 1. The molecule has 1 aliphatic heterocycles. The summed E-state index contributed by atoms with van der Waals surface area (Å²) in [6, 6.07) is 7.59. The molecule has 1 aliphatic rings. The monoisotopic (exact) mass is 353 g/mol. The quantitative estimate of drug-likeness (QED) is 0.776. The van der Waals surface area contributed by atoms with Crippen LogP contribution < -0.4 is 11.1 Å². The van der Waals surface area contributed by atoms with Gasteiger partial charge >= 0.3 is 0 Å². The van der Waals surface area contributed by atoms with Crippen molar-refractivity contribution in [2.45, 2.75) is 56.0 Å². The molecule has 2 rings (SSSR count). The molecule has 1 aromatic carbocycles. The van der Waals surface area contributed by atoms with E-state index in [-0.39, 0.29) is 10.8 Å². The maximum Gasteiger partial charge on any atom is 0.243 e. The topological polar surface area (TPSA) is 92.5 Å². The van der Waals surface area contributed by atoms with Gasteiger partial charge in [0.1, 0.15) is 6.04 Å². The molecule has 1 unspecified atom stereocenters. The molecule has 1 heterocycles. The van der Waals surface area contributed by atoms with Crippen molar-refractivity contribution in [1.29, 1.82) is 0 Å². The van der Waals surface area contributed by atoms with Gasteiger partial charge in [0.05, 0.1) is 4.90 Å². The molecule has 0 aromatic heterocycles. The van der Waals surface area contributed by atoms with Crippen LogP contribution in [-0.4, -0.2) is 43.3 Å². The summed E-state index contributed by atoms with van der Waals surface area (Å²) < 4.78 is 26.9. The maximum absolute atomic E-state index is 12.8. The number of sulfonamides is 1. The molecule has 0 spiro atoms. The van der Waals surface area contributed by atoms with Gasteiger partial charge in [0.15, 0.2) is 0 Å². The lowest BCUT2D eigenvalue weighted by Crippen LogP contribution is -2.53. The molecule has 3 N–H and O–H groups in total. The third kappa shape index (κ3) is 3.96. The highest BCUT2D eigenvalue weighted by atomic mass is 32.2. The third-order valence-corrected chi connectivity index (χ3v) is 6.80. The minimum Gasteiger partial charge on any atom is -0.353 e. The Bertz CT molecular complexity index is 657. The Morgan fingerprint density at radius 2 is 1.92 bits per heavy atom. The zero-order valence-electron chi connectivity index (χ0n) is 14.4. The van der Waals surface area contributed by atoms with Crippen LogP contribution in [0, 0.1) is 0 Å². The lowest BCUT2D eigenvalue weighted by Gasteiger charge is -2.29. The first-order valence-electron chi connectivity index (χ1n) is 8.47. The van der Waals surface area contributed by atoms with Crippen molar-refractivity contribution in [3.63, 3.8) is 0 Å². The average molecular weight is 353 g/mol. The number of hydrogen-bond donors (Lipinski definition) is 2. The summed E-state index contributed by atoms with van der Waals surface area (Å²) >= 11 is 0. The molecule has 1 fully saturated rings. The Hall–Kier alpha value is -1.44. The summed E-state index contributed by atoms with van der Waals surface area (Å²) in [4.78, 5) is 12.8. The maximum atomic E-state index is 12.8. The van der Waals surface area contributed by atoms with Crippen molar-refractivity contribution in [3.8, 4) is 0 Å². The Balaban J connectivity index is 2.12. The number of nitrogens with one attached hydrogen (secondary N) is 1. The Labute approximate surface area is 144 Å². The van der Waals surface area contributed by atoms with E-state index < -0.39 is 21.6 Å². The zero-order valence-corrected chi connectivity index (χ0v) is 15.2. The number of amides is 1. The molecule has 6 nitrogen and oxygen atoms in total. The van der Waals surface area contributed by atoms with Crippen molar-refractivity contribution in [3.05, 3.63) is 30.3 Å². The van der Waals surface area contributed by atoms with E-state index in [9.17, 15) is 13.2 Å². The van der Waals surface area contributed by atoms with Crippen LogP contribution in [0.15, 0.2) is 35.2 Å². The first-order valence-corrected chi connectivity index (χ1v) is 9.91. The van der Waals surface area contributed by atoms with E-state index in [1.165, 1.54) is 4.31 Å². The Morgan fingerprint density at radius 3 is 2.50 bits per heavy atom. The van der Waals surface area contributed by atoms with Crippen LogP contribution in [0.2, 0.25) is 0 Å². The largest absolute Gasteiger partial charge is 0.353 e. The number of carbonyl (C=O) groups is 1. The van der Waals surface area contributed by atoms with E-state index in [2.05, 4.69) is 5.32 Å². The van der Waals surface area contributed by atoms with E-state index in [0.29, 0.717) is 25.9 Å². The fourth-order valence-corrected chi connectivity index (χ4v) is 4.58. The van der Waals surface area contributed by atoms with E-state index in [1.54, 1.807) is 30.3 Å². The van der Waals surface area contributed by atoms with E-state index >= 15 is 0 Å². The van der Waals surface area contributed by atoms with Gasteiger partial charge in [0, 0.05) is 18.6 Å². The molecule has 1 saturated heterocycles. The van der Waals surface area contributed by atoms with Crippen LogP contribution in [0.25, 0.3) is 0 Å². The summed E-state index contributed by atoms with van der Waals surface area (Å²) in [5, 5.41) is 2.85. The van der Waals surface area contributed by atoms with Crippen molar-refractivity contribution in [2.24, 2.45) is 5.73 Å². The molecule has 1 aromatic rings. The van der Waals surface area contributed by atoms with Crippen molar-refractivity contribution in [1.82, 2.24) is 9.62 Å². The van der Waals surface area contributed by atoms with Crippen molar-refractivity contribution >= 4 is 15.9 Å². The average Bonchev–Trinajstić information content (AvgIpc) is 3.11. The zero-order chi connectivity index (χ0) is 17.8. The molecular formula is C17H27N3O3S. The van der Waals surface area contributed by atoms with Crippen molar-refractivity contribution < 1.29 is 13.2 Å². The highest BCUT2D eigenvalue weighted by Crippen LogP contribution is 2.26. The van der Waals surface area contributed by atoms with Gasteiger partial charge in [-0.3, -0.25) is 4.79 Å². The Morgan fingerprint density at radius 1 is 1.29 bits per heavy atom. The van der Waals surface area contributed by atoms with Crippen LogP contribution in [-0.2, 0) is 14.8 Å². The Kier molecular flexibility index (Phi) is 6.01. The second-order valence-electron chi connectivity index (χ2n) is 6.37. The standard InChI is InChI=1S/C17H27N3O3S/c1-3-17(18,4-2)13-19-16(21)15-11-8-12-20(15)24(22,23)14-9-6-5-7-10-14/h5-7,9-10,15H,3-4,8,11-13,18H2,1-2H3,(H,19,21). The molecular weight excluding hydrogens is 326 g/mol. The fraction of sp³-hybridized carbons (Fsp3) is 0.588. The van der Waals surface area contributed by atoms with Gasteiger partial charge in [-0.05, 0) is 37.8 Å². The number of nitrogens with zero attached hydrogens (tertiary/aromatic N) is 1. The first kappa shape index (κ1) is 18.9. The molecule has 7 heteroatoms. The SMILES string of the molecule is CCC(N)(CC)CNC(=O)C1CCCN1S(=O)(=O)c1ccccc1. The molecule has 24 heavy (non-hydrogen) atoms. The summed E-state index contributed by atoms with van der Waals surface area (Å²) in [5.41, 5.74) is 5.76. The van der Waals surface area contributed by atoms with Crippen LogP contribution in [0.4, 0.5) is 0 Å². The highest BCUT2D eigenvalue weighted by Gasteiger charge is 2.39. The minimum absolute atomic E-state index is 0.222. The third-order valence-electron chi connectivity index (χ3n) is 4.88. The summed E-state index contributed by atoms with van der Waals surface area (Å²) in [5.74, 6) is -0.260. The van der Waals surface area contributed by atoms with E-state index in [0.717, 1.165) is 12.8 Å². The normalized spacial score (nSPS) is 19.4. The van der Waals surface area contributed by atoms with E-state index in [4.69, 9.17) is 5.73 Å². The molecule has 0 saturated carbocycles.